The van der Waals surface area contributed by atoms with E-state index in [0.717, 1.165) is 19.4 Å². The largest absolute Gasteiger partial charge is 0.370 e. The van der Waals surface area contributed by atoms with Gasteiger partial charge < -0.3 is 16.4 Å². The fourth-order valence-electron chi connectivity index (χ4n) is 2.31. The van der Waals surface area contributed by atoms with Gasteiger partial charge in [-0.05, 0) is 40.2 Å². The summed E-state index contributed by atoms with van der Waals surface area (Å²) in [7, 11) is 0. The van der Waals surface area contributed by atoms with Gasteiger partial charge in [0, 0.05) is 18.0 Å². The standard InChI is InChI=1S/C12H23N3O2/c1-8-9(5-4-6-14-8)11(17)15-12(2,3)7-10(13)16/h8-9,14H,4-7H2,1-3H3,(H2,13,16)(H,15,17). The van der Waals surface area contributed by atoms with Gasteiger partial charge in [-0.2, -0.15) is 0 Å². The molecular formula is C12H23N3O2. The lowest BCUT2D eigenvalue weighted by Crippen LogP contribution is -2.53. The predicted molar refractivity (Wildman–Crippen MR) is 66.2 cm³/mol. The molecular weight excluding hydrogens is 218 g/mol. The summed E-state index contributed by atoms with van der Waals surface area (Å²) in [6.45, 7) is 6.62. The molecule has 0 saturated carbocycles. The van der Waals surface area contributed by atoms with Crippen molar-refractivity contribution >= 4 is 11.8 Å². The third-order valence-electron chi connectivity index (χ3n) is 3.18. The third kappa shape index (κ3) is 4.34. The average molecular weight is 241 g/mol. The molecule has 0 aromatic carbocycles. The molecule has 2 unspecified atom stereocenters. The number of carbonyl (C=O) groups is 2. The Morgan fingerprint density at radius 2 is 2.12 bits per heavy atom. The van der Waals surface area contributed by atoms with Crippen molar-refractivity contribution in [3.63, 3.8) is 0 Å². The van der Waals surface area contributed by atoms with Crippen LogP contribution in [0.25, 0.3) is 0 Å². The normalized spacial score (nSPS) is 25.4. The molecule has 5 heteroatoms. The molecule has 2 amide bonds. The van der Waals surface area contributed by atoms with Crippen molar-refractivity contribution in [1.29, 1.82) is 0 Å². The van der Waals surface area contributed by atoms with Crippen LogP contribution >= 0.6 is 0 Å². The molecule has 4 N–H and O–H groups in total. The van der Waals surface area contributed by atoms with Gasteiger partial charge in [-0.25, -0.2) is 0 Å². The van der Waals surface area contributed by atoms with Gasteiger partial charge in [0.05, 0.1) is 5.92 Å². The summed E-state index contributed by atoms with van der Waals surface area (Å²) in [6, 6.07) is 0.188. The molecule has 1 rings (SSSR count). The first kappa shape index (κ1) is 14.0. The Morgan fingerprint density at radius 3 is 2.65 bits per heavy atom. The van der Waals surface area contributed by atoms with Gasteiger partial charge in [0.2, 0.25) is 11.8 Å². The molecule has 1 fully saturated rings. The number of amides is 2. The maximum absolute atomic E-state index is 12.1. The highest BCUT2D eigenvalue weighted by atomic mass is 16.2. The summed E-state index contributed by atoms with van der Waals surface area (Å²) in [5.74, 6) is -0.406. The zero-order valence-electron chi connectivity index (χ0n) is 10.9. The van der Waals surface area contributed by atoms with Crippen molar-refractivity contribution in [2.45, 2.75) is 51.6 Å². The van der Waals surface area contributed by atoms with Crippen molar-refractivity contribution < 1.29 is 9.59 Å². The van der Waals surface area contributed by atoms with Crippen molar-refractivity contribution in [3.8, 4) is 0 Å². The summed E-state index contributed by atoms with van der Waals surface area (Å²) in [5.41, 5.74) is 4.59. The zero-order valence-corrected chi connectivity index (χ0v) is 10.9. The van der Waals surface area contributed by atoms with Crippen LogP contribution in [0.2, 0.25) is 0 Å². The van der Waals surface area contributed by atoms with Gasteiger partial charge in [-0.1, -0.05) is 0 Å². The monoisotopic (exact) mass is 241 g/mol. The number of hydrogen-bond acceptors (Lipinski definition) is 3. The van der Waals surface area contributed by atoms with Crippen LogP contribution in [0.1, 0.15) is 40.0 Å². The minimum absolute atomic E-state index is 0.0101. The van der Waals surface area contributed by atoms with E-state index < -0.39 is 11.4 Å². The van der Waals surface area contributed by atoms with E-state index in [1.54, 1.807) is 0 Å². The molecule has 5 nitrogen and oxygen atoms in total. The highest BCUT2D eigenvalue weighted by molar-refractivity contribution is 5.82. The Kier molecular flexibility index (Phi) is 4.51. The van der Waals surface area contributed by atoms with E-state index in [0.29, 0.717) is 0 Å². The summed E-state index contributed by atoms with van der Waals surface area (Å²) in [6.07, 6.45) is 2.07. The molecule has 2 atom stereocenters. The second kappa shape index (κ2) is 5.49. The van der Waals surface area contributed by atoms with E-state index in [1.165, 1.54) is 0 Å². The number of carbonyl (C=O) groups excluding carboxylic acids is 2. The van der Waals surface area contributed by atoms with Crippen LogP contribution in [0.5, 0.6) is 0 Å². The number of rotatable bonds is 4. The summed E-state index contributed by atoms with van der Waals surface area (Å²) in [4.78, 5) is 23.0. The predicted octanol–water partition coefficient (Wildman–Crippen LogP) is 0.145. The van der Waals surface area contributed by atoms with Crippen molar-refractivity contribution in [2.24, 2.45) is 11.7 Å². The molecule has 1 saturated heterocycles. The van der Waals surface area contributed by atoms with E-state index in [-0.39, 0.29) is 24.3 Å². The smallest absolute Gasteiger partial charge is 0.225 e. The molecule has 0 radical (unpaired) electrons. The molecule has 1 aliphatic heterocycles. The van der Waals surface area contributed by atoms with E-state index in [9.17, 15) is 9.59 Å². The van der Waals surface area contributed by atoms with E-state index >= 15 is 0 Å². The molecule has 0 spiro atoms. The van der Waals surface area contributed by atoms with Gasteiger partial charge in [0.1, 0.15) is 0 Å². The topological polar surface area (TPSA) is 84.2 Å². The number of hydrogen-bond donors (Lipinski definition) is 3. The highest BCUT2D eigenvalue weighted by Crippen LogP contribution is 2.18. The first-order valence-electron chi connectivity index (χ1n) is 6.15. The first-order valence-corrected chi connectivity index (χ1v) is 6.15. The van der Waals surface area contributed by atoms with Gasteiger partial charge in [-0.3, -0.25) is 9.59 Å². The van der Waals surface area contributed by atoms with Crippen LogP contribution in [0.4, 0.5) is 0 Å². The second-order valence-electron chi connectivity index (χ2n) is 5.51. The molecule has 98 valence electrons. The molecule has 1 heterocycles. The lowest BCUT2D eigenvalue weighted by Gasteiger charge is -2.33. The van der Waals surface area contributed by atoms with Crippen molar-refractivity contribution in [1.82, 2.24) is 10.6 Å². The van der Waals surface area contributed by atoms with Crippen LogP contribution in [0.3, 0.4) is 0 Å². The van der Waals surface area contributed by atoms with Gasteiger partial charge >= 0.3 is 0 Å². The van der Waals surface area contributed by atoms with Crippen molar-refractivity contribution in [3.05, 3.63) is 0 Å². The SMILES string of the molecule is CC1NCCCC1C(=O)NC(C)(C)CC(N)=O. The lowest BCUT2D eigenvalue weighted by atomic mass is 9.89. The Bertz CT molecular complexity index is 302. The minimum Gasteiger partial charge on any atom is -0.370 e. The number of piperidine rings is 1. The fourth-order valence-corrected chi connectivity index (χ4v) is 2.31. The first-order chi connectivity index (χ1) is 7.82. The highest BCUT2D eigenvalue weighted by Gasteiger charge is 2.31. The Labute approximate surface area is 103 Å². The Balaban J connectivity index is 2.55. The Morgan fingerprint density at radius 1 is 1.47 bits per heavy atom. The average Bonchev–Trinajstić information content (AvgIpc) is 2.14. The maximum atomic E-state index is 12.1. The number of nitrogens with two attached hydrogens (primary N) is 1. The van der Waals surface area contributed by atoms with Crippen LogP contribution in [-0.2, 0) is 9.59 Å². The molecule has 0 aromatic rings. The minimum atomic E-state index is -0.569. The molecule has 1 aliphatic rings. The second-order valence-corrected chi connectivity index (χ2v) is 5.51. The maximum Gasteiger partial charge on any atom is 0.225 e. The van der Waals surface area contributed by atoms with Crippen LogP contribution < -0.4 is 16.4 Å². The van der Waals surface area contributed by atoms with E-state index in [2.05, 4.69) is 10.6 Å². The van der Waals surface area contributed by atoms with Gasteiger partial charge in [0.15, 0.2) is 0 Å². The van der Waals surface area contributed by atoms with Crippen LogP contribution in [-0.4, -0.2) is 29.9 Å². The summed E-state index contributed by atoms with van der Waals surface area (Å²) >= 11 is 0. The third-order valence-corrected chi connectivity index (χ3v) is 3.18. The molecule has 0 aromatic heterocycles. The zero-order chi connectivity index (χ0) is 13.1. The van der Waals surface area contributed by atoms with Gasteiger partial charge in [-0.15, -0.1) is 0 Å². The lowest BCUT2D eigenvalue weighted by molar-refractivity contribution is -0.128. The van der Waals surface area contributed by atoms with Crippen molar-refractivity contribution in [2.75, 3.05) is 6.54 Å². The number of nitrogens with one attached hydrogen (secondary N) is 2. The molecule has 0 bridgehead atoms. The molecule has 17 heavy (non-hydrogen) atoms. The summed E-state index contributed by atoms with van der Waals surface area (Å²) < 4.78 is 0. The summed E-state index contributed by atoms with van der Waals surface area (Å²) in [5, 5.41) is 6.19. The molecule has 0 aliphatic carbocycles. The quantitative estimate of drug-likeness (QED) is 0.655. The van der Waals surface area contributed by atoms with E-state index in [4.69, 9.17) is 5.73 Å². The van der Waals surface area contributed by atoms with Crippen LogP contribution in [0, 0.1) is 5.92 Å². The fraction of sp³-hybridized carbons (Fsp3) is 0.833. The van der Waals surface area contributed by atoms with Crippen LogP contribution in [0.15, 0.2) is 0 Å². The van der Waals surface area contributed by atoms with Gasteiger partial charge in [0.25, 0.3) is 0 Å². The Hall–Kier alpha value is -1.10. The van der Waals surface area contributed by atoms with E-state index in [1.807, 2.05) is 20.8 Å². The number of primary amides is 1.